The van der Waals surface area contributed by atoms with E-state index >= 15 is 0 Å². The Hall–Kier alpha value is -1.10. The molecule has 1 nitrogen and oxygen atoms in total. The molecule has 2 rings (SSSR count). The van der Waals surface area contributed by atoms with Gasteiger partial charge in [-0.25, -0.2) is 4.39 Å². The Morgan fingerprint density at radius 2 is 1.89 bits per heavy atom. The Bertz CT molecular complexity index is 465. The molecular formula is C13H15F4N. The van der Waals surface area contributed by atoms with Gasteiger partial charge in [-0.05, 0) is 41.5 Å². The molecule has 1 aliphatic rings. The highest BCUT2D eigenvalue weighted by molar-refractivity contribution is 5.36. The molecule has 0 aliphatic heterocycles. The van der Waals surface area contributed by atoms with Crippen LogP contribution in [0.1, 0.15) is 30.9 Å². The summed E-state index contributed by atoms with van der Waals surface area (Å²) < 4.78 is 51.0. The van der Waals surface area contributed by atoms with Crippen LogP contribution in [0.15, 0.2) is 18.2 Å². The highest BCUT2D eigenvalue weighted by Gasteiger charge is 2.57. The summed E-state index contributed by atoms with van der Waals surface area (Å²) >= 11 is 0. The molecule has 0 amide bonds. The summed E-state index contributed by atoms with van der Waals surface area (Å²) in [6.45, 7) is 4.36. The van der Waals surface area contributed by atoms with Crippen molar-refractivity contribution < 1.29 is 17.6 Å². The van der Waals surface area contributed by atoms with Gasteiger partial charge in [0.15, 0.2) is 0 Å². The van der Waals surface area contributed by atoms with Gasteiger partial charge >= 0.3 is 6.18 Å². The van der Waals surface area contributed by atoms with E-state index in [1.54, 1.807) is 0 Å². The predicted octanol–water partition coefficient (Wildman–Crippen LogP) is 3.54. The second-order valence-corrected chi connectivity index (χ2v) is 5.38. The summed E-state index contributed by atoms with van der Waals surface area (Å²) in [5.74, 6) is -1.10. The monoisotopic (exact) mass is 261 g/mol. The van der Waals surface area contributed by atoms with Crippen molar-refractivity contribution in [2.24, 2.45) is 17.1 Å². The minimum Gasteiger partial charge on any atom is -0.330 e. The van der Waals surface area contributed by atoms with E-state index in [1.165, 1.54) is 6.07 Å². The molecule has 18 heavy (non-hydrogen) atoms. The molecule has 0 saturated heterocycles. The van der Waals surface area contributed by atoms with Crippen LogP contribution >= 0.6 is 0 Å². The summed E-state index contributed by atoms with van der Waals surface area (Å²) in [6.07, 6.45) is -4.66. The molecule has 2 unspecified atom stereocenters. The smallest absolute Gasteiger partial charge is 0.330 e. The van der Waals surface area contributed by atoms with E-state index in [0.717, 1.165) is 12.1 Å². The van der Waals surface area contributed by atoms with Crippen LogP contribution < -0.4 is 5.73 Å². The Kier molecular flexibility index (Phi) is 2.93. The van der Waals surface area contributed by atoms with Crippen LogP contribution in [0, 0.1) is 17.2 Å². The molecule has 2 atom stereocenters. The maximum Gasteiger partial charge on any atom is 0.419 e. The van der Waals surface area contributed by atoms with Crippen LogP contribution in [-0.2, 0) is 6.18 Å². The number of hydrogen-bond acceptors (Lipinski definition) is 1. The zero-order valence-corrected chi connectivity index (χ0v) is 10.2. The van der Waals surface area contributed by atoms with Crippen molar-refractivity contribution in [3.8, 4) is 0 Å². The maximum absolute atomic E-state index is 13.2. The maximum atomic E-state index is 13.2. The van der Waals surface area contributed by atoms with Gasteiger partial charge in [0.2, 0.25) is 0 Å². The number of nitrogens with two attached hydrogens (primary N) is 1. The van der Waals surface area contributed by atoms with E-state index in [4.69, 9.17) is 5.73 Å². The lowest BCUT2D eigenvalue weighted by molar-refractivity contribution is -0.140. The number of benzene rings is 1. The third kappa shape index (κ3) is 2.00. The summed E-state index contributed by atoms with van der Waals surface area (Å²) in [4.78, 5) is 0. The Labute approximate surface area is 103 Å². The van der Waals surface area contributed by atoms with Crippen molar-refractivity contribution in [3.05, 3.63) is 35.1 Å². The average Bonchev–Trinajstić information content (AvgIpc) is 2.79. The Morgan fingerprint density at radius 1 is 1.28 bits per heavy atom. The molecule has 5 heteroatoms. The molecular weight excluding hydrogens is 246 g/mol. The van der Waals surface area contributed by atoms with Crippen molar-refractivity contribution in [1.82, 2.24) is 0 Å². The SMILES string of the molecule is CC1(C)C(CN)C1c1ccc(F)c(C(F)(F)F)c1. The zero-order valence-electron chi connectivity index (χ0n) is 10.2. The van der Waals surface area contributed by atoms with E-state index in [9.17, 15) is 17.6 Å². The normalized spacial score (nSPS) is 26.2. The fourth-order valence-electron chi connectivity index (χ4n) is 2.80. The largest absolute Gasteiger partial charge is 0.419 e. The molecule has 0 radical (unpaired) electrons. The molecule has 0 bridgehead atoms. The van der Waals surface area contributed by atoms with Crippen LogP contribution in [-0.4, -0.2) is 6.54 Å². The predicted molar refractivity (Wildman–Crippen MR) is 60.5 cm³/mol. The van der Waals surface area contributed by atoms with Crippen LogP contribution in [0.2, 0.25) is 0 Å². The molecule has 1 aromatic carbocycles. The van der Waals surface area contributed by atoms with Gasteiger partial charge in [-0.1, -0.05) is 19.9 Å². The van der Waals surface area contributed by atoms with Gasteiger partial charge in [0.1, 0.15) is 5.82 Å². The van der Waals surface area contributed by atoms with E-state index in [2.05, 4.69) is 0 Å². The van der Waals surface area contributed by atoms with Crippen molar-refractivity contribution in [2.75, 3.05) is 6.54 Å². The first-order chi connectivity index (χ1) is 8.19. The summed E-state index contributed by atoms with van der Waals surface area (Å²) in [5.41, 5.74) is 4.80. The lowest BCUT2D eigenvalue weighted by atomic mass is 10.0. The lowest BCUT2D eigenvalue weighted by Crippen LogP contribution is -2.09. The highest BCUT2D eigenvalue weighted by Crippen LogP contribution is 2.64. The molecule has 0 heterocycles. The summed E-state index contributed by atoms with van der Waals surface area (Å²) in [5, 5.41) is 0. The number of halogens is 4. The van der Waals surface area contributed by atoms with Gasteiger partial charge in [-0.2, -0.15) is 13.2 Å². The number of alkyl halides is 3. The third-order valence-corrected chi connectivity index (χ3v) is 3.96. The Balaban J connectivity index is 2.38. The number of hydrogen-bond donors (Lipinski definition) is 1. The fourth-order valence-corrected chi connectivity index (χ4v) is 2.80. The van der Waals surface area contributed by atoms with Gasteiger partial charge < -0.3 is 5.73 Å². The third-order valence-electron chi connectivity index (χ3n) is 3.96. The first kappa shape index (κ1) is 13.3. The van der Waals surface area contributed by atoms with Crippen molar-refractivity contribution in [2.45, 2.75) is 25.9 Å². The quantitative estimate of drug-likeness (QED) is 0.809. The zero-order chi connectivity index (χ0) is 13.7. The van der Waals surface area contributed by atoms with Crippen molar-refractivity contribution >= 4 is 0 Å². The van der Waals surface area contributed by atoms with Gasteiger partial charge in [-0.3, -0.25) is 0 Å². The lowest BCUT2D eigenvalue weighted by Gasteiger charge is -2.10. The van der Waals surface area contributed by atoms with Crippen LogP contribution in [0.5, 0.6) is 0 Å². The molecule has 0 aromatic heterocycles. The van der Waals surface area contributed by atoms with Gasteiger partial charge in [0.05, 0.1) is 5.56 Å². The molecule has 2 N–H and O–H groups in total. The molecule has 1 aromatic rings. The van der Waals surface area contributed by atoms with Crippen LogP contribution in [0.4, 0.5) is 17.6 Å². The van der Waals surface area contributed by atoms with E-state index < -0.39 is 17.6 Å². The topological polar surface area (TPSA) is 26.0 Å². The van der Waals surface area contributed by atoms with Gasteiger partial charge in [0.25, 0.3) is 0 Å². The first-order valence-corrected chi connectivity index (χ1v) is 5.76. The van der Waals surface area contributed by atoms with E-state index in [0.29, 0.717) is 12.1 Å². The second kappa shape index (κ2) is 3.95. The minimum absolute atomic E-state index is 0.0239. The van der Waals surface area contributed by atoms with E-state index in [1.807, 2.05) is 13.8 Å². The van der Waals surface area contributed by atoms with Crippen LogP contribution in [0.25, 0.3) is 0 Å². The molecule has 100 valence electrons. The van der Waals surface area contributed by atoms with Crippen LogP contribution in [0.3, 0.4) is 0 Å². The Morgan fingerprint density at radius 3 is 2.33 bits per heavy atom. The molecule has 0 spiro atoms. The van der Waals surface area contributed by atoms with Crippen molar-refractivity contribution in [1.29, 1.82) is 0 Å². The molecule has 1 saturated carbocycles. The molecule has 1 aliphatic carbocycles. The average molecular weight is 261 g/mol. The second-order valence-electron chi connectivity index (χ2n) is 5.38. The highest BCUT2D eigenvalue weighted by atomic mass is 19.4. The summed E-state index contributed by atoms with van der Waals surface area (Å²) in [7, 11) is 0. The van der Waals surface area contributed by atoms with Crippen molar-refractivity contribution in [3.63, 3.8) is 0 Å². The standard InChI is InChI=1S/C13H15F4N/c1-12(2)9(6-18)11(12)7-3-4-10(14)8(5-7)13(15,16)17/h3-5,9,11H,6,18H2,1-2H3. The summed E-state index contributed by atoms with van der Waals surface area (Å²) in [6, 6.07) is 3.23. The van der Waals surface area contributed by atoms with Gasteiger partial charge in [0, 0.05) is 0 Å². The van der Waals surface area contributed by atoms with Gasteiger partial charge in [-0.15, -0.1) is 0 Å². The minimum atomic E-state index is -4.66. The first-order valence-electron chi connectivity index (χ1n) is 5.76. The fraction of sp³-hybridized carbons (Fsp3) is 0.538. The molecule has 1 fully saturated rings. The van der Waals surface area contributed by atoms with E-state index in [-0.39, 0.29) is 17.3 Å². The number of rotatable bonds is 2.